The summed E-state index contributed by atoms with van der Waals surface area (Å²) in [6.45, 7) is 0.392. The van der Waals surface area contributed by atoms with E-state index < -0.39 is 5.97 Å². The fourth-order valence-corrected chi connectivity index (χ4v) is 1.82. The molecule has 2 heterocycles. The summed E-state index contributed by atoms with van der Waals surface area (Å²) in [5, 5.41) is 10.4. The molecule has 0 amide bonds. The molecule has 0 saturated carbocycles. The highest BCUT2D eigenvalue weighted by Gasteiger charge is 2.07. The topological polar surface area (TPSA) is 59.4 Å². The normalized spacial score (nSPS) is 10.0. The fourth-order valence-electron chi connectivity index (χ4n) is 1.16. The summed E-state index contributed by atoms with van der Waals surface area (Å²) in [4.78, 5) is 14.9. The van der Waals surface area contributed by atoms with E-state index in [9.17, 15) is 4.79 Å². The highest BCUT2D eigenvalue weighted by Crippen LogP contribution is 2.22. The molecular formula is C11H9NO3S. The van der Waals surface area contributed by atoms with Crippen LogP contribution in [0, 0.1) is 0 Å². The lowest BCUT2D eigenvalue weighted by atomic mass is 10.3. The summed E-state index contributed by atoms with van der Waals surface area (Å²) in [6.07, 6.45) is 3.40. The molecule has 0 spiro atoms. The molecule has 0 saturated heterocycles. The first-order chi connectivity index (χ1) is 7.75. The molecule has 0 aliphatic carbocycles. The van der Waals surface area contributed by atoms with Gasteiger partial charge in [-0.2, -0.15) is 0 Å². The van der Waals surface area contributed by atoms with E-state index in [2.05, 4.69) is 4.98 Å². The largest absolute Gasteiger partial charge is 0.488 e. The Morgan fingerprint density at radius 3 is 3.06 bits per heavy atom. The van der Waals surface area contributed by atoms with Crippen LogP contribution in [0.1, 0.15) is 15.2 Å². The average molecular weight is 235 g/mol. The van der Waals surface area contributed by atoms with E-state index in [1.165, 1.54) is 6.07 Å². The minimum absolute atomic E-state index is 0.279. The SMILES string of the molecule is O=C(O)c1cc(OCc2cccnc2)cs1. The molecule has 0 radical (unpaired) electrons. The Hall–Kier alpha value is -1.88. The molecule has 0 aliphatic rings. The van der Waals surface area contributed by atoms with Crippen molar-refractivity contribution in [2.75, 3.05) is 0 Å². The number of aromatic carboxylic acids is 1. The Bertz CT molecular complexity index is 481. The summed E-state index contributed by atoms with van der Waals surface area (Å²) >= 11 is 1.15. The van der Waals surface area contributed by atoms with Crippen molar-refractivity contribution in [2.45, 2.75) is 6.61 Å². The first-order valence-electron chi connectivity index (χ1n) is 4.59. The van der Waals surface area contributed by atoms with Crippen LogP contribution in [-0.4, -0.2) is 16.1 Å². The number of rotatable bonds is 4. The first-order valence-corrected chi connectivity index (χ1v) is 5.47. The molecule has 0 aliphatic heterocycles. The number of hydrogen-bond donors (Lipinski definition) is 1. The summed E-state index contributed by atoms with van der Waals surface area (Å²) in [6, 6.07) is 5.25. The predicted octanol–water partition coefficient (Wildman–Crippen LogP) is 2.42. The van der Waals surface area contributed by atoms with Gasteiger partial charge in [-0.05, 0) is 6.07 Å². The Morgan fingerprint density at radius 2 is 2.44 bits per heavy atom. The molecule has 5 heteroatoms. The maximum Gasteiger partial charge on any atom is 0.346 e. The number of thiophene rings is 1. The lowest BCUT2D eigenvalue weighted by Crippen LogP contribution is -1.95. The van der Waals surface area contributed by atoms with Gasteiger partial charge >= 0.3 is 5.97 Å². The number of hydrogen-bond acceptors (Lipinski definition) is 4. The summed E-state index contributed by atoms with van der Waals surface area (Å²) < 4.78 is 5.43. The van der Waals surface area contributed by atoms with E-state index in [4.69, 9.17) is 9.84 Å². The lowest BCUT2D eigenvalue weighted by Gasteiger charge is -2.02. The van der Waals surface area contributed by atoms with Crippen molar-refractivity contribution in [1.29, 1.82) is 0 Å². The van der Waals surface area contributed by atoms with Crippen LogP contribution in [-0.2, 0) is 6.61 Å². The van der Waals surface area contributed by atoms with Crippen molar-refractivity contribution in [3.63, 3.8) is 0 Å². The number of aromatic nitrogens is 1. The molecule has 0 aromatic carbocycles. The Labute approximate surface area is 96.1 Å². The predicted molar refractivity (Wildman–Crippen MR) is 59.8 cm³/mol. The van der Waals surface area contributed by atoms with Gasteiger partial charge in [0.25, 0.3) is 0 Å². The van der Waals surface area contributed by atoms with Gasteiger partial charge in [-0.15, -0.1) is 11.3 Å². The zero-order chi connectivity index (χ0) is 11.4. The van der Waals surface area contributed by atoms with E-state index in [1.54, 1.807) is 17.8 Å². The van der Waals surface area contributed by atoms with Gasteiger partial charge in [-0.3, -0.25) is 4.98 Å². The van der Waals surface area contributed by atoms with E-state index in [0.29, 0.717) is 12.4 Å². The van der Waals surface area contributed by atoms with Gasteiger partial charge in [-0.1, -0.05) is 6.07 Å². The van der Waals surface area contributed by atoms with Crippen LogP contribution < -0.4 is 4.74 Å². The smallest absolute Gasteiger partial charge is 0.346 e. The fraction of sp³-hybridized carbons (Fsp3) is 0.0909. The highest BCUT2D eigenvalue weighted by atomic mass is 32.1. The molecule has 0 unspecified atom stereocenters. The molecule has 16 heavy (non-hydrogen) atoms. The maximum absolute atomic E-state index is 10.6. The van der Waals surface area contributed by atoms with Gasteiger partial charge in [0, 0.05) is 29.4 Å². The third kappa shape index (κ3) is 2.58. The van der Waals surface area contributed by atoms with Crippen molar-refractivity contribution in [1.82, 2.24) is 4.98 Å². The van der Waals surface area contributed by atoms with Crippen LogP contribution in [0.15, 0.2) is 36.0 Å². The minimum Gasteiger partial charge on any atom is -0.488 e. The van der Waals surface area contributed by atoms with Gasteiger partial charge in [0.15, 0.2) is 0 Å². The number of carboxylic acid groups (broad SMARTS) is 1. The van der Waals surface area contributed by atoms with Crippen LogP contribution in [0.4, 0.5) is 0 Å². The molecule has 2 aromatic heterocycles. The van der Waals surface area contributed by atoms with E-state index in [1.807, 2.05) is 12.1 Å². The zero-order valence-electron chi connectivity index (χ0n) is 8.29. The van der Waals surface area contributed by atoms with Gasteiger partial charge in [0.2, 0.25) is 0 Å². The van der Waals surface area contributed by atoms with Crippen molar-refractivity contribution >= 4 is 17.3 Å². The first kappa shape index (κ1) is 10.6. The van der Waals surface area contributed by atoms with E-state index >= 15 is 0 Å². The third-order valence-corrected chi connectivity index (χ3v) is 2.81. The van der Waals surface area contributed by atoms with Crippen LogP contribution in [0.5, 0.6) is 5.75 Å². The van der Waals surface area contributed by atoms with Crippen LogP contribution >= 0.6 is 11.3 Å². The lowest BCUT2D eigenvalue weighted by molar-refractivity contribution is 0.0702. The Morgan fingerprint density at radius 1 is 1.56 bits per heavy atom. The van der Waals surface area contributed by atoms with Gasteiger partial charge < -0.3 is 9.84 Å². The molecule has 0 fully saturated rings. The molecular weight excluding hydrogens is 226 g/mol. The second-order valence-corrected chi connectivity index (χ2v) is 4.01. The van der Waals surface area contributed by atoms with Crippen molar-refractivity contribution in [2.24, 2.45) is 0 Å². The standard InChI is InChI=1S/C11H9NO3S/c13-11(14)10-4-9(7-16-10)15-6-8-2-1-3-12-5-8/h1-5,7H,6H2,(H,13,14). The molecule has 4 nitrogen and oxygen atoms in total. The van der Waals surface area contributed by atoms with Gasteiger partial charge in [0.1, 0.15) is 17.2 Å². The van der Waals surface area contributed by atoms with Gasteiger partial charge in [0.05, 0.1) is 0 Å². The maximum atomic E-state index is 10.6. The molecule has 0 atom stereocenters. The molecule has 2 rings (SSSR count). The van der Waals surface area contributed by atoms with E-state index in [-0.39, 0.29) is 4.88 Å². The Balaban J connectivity index is 1.97. The number of ether oxygens (including phenoxy) is 1. The number of carbonyl (C=O) groups is 1. The Kier molecular flexibility index (Phi) is 3.16. The van der Waals surface area contributed by atoms with E-state index in [0.717, 1.165) is 16.9 Å². The summed E-state index contributed by atoms with van der Waals surface area (Å²) in [5.74, 6) is -0.354. The van der Waals surface area contributed by atoms with Crippen LogP contribution in [0.3, 0.4) is 0 Å². The molecule has 82 valence electrons. The second kappa shape index (κ2) is 4.76. The second-order valence-electron chi connectivity index (χ2n) is 3.10. The average Bonchev–Trinajstić information content (AvgIpc) is 2.76. The van der Waals surface area contributed by atoms with Gasteiger partial charge in [-0.25, -0.2) is 4.79 Å². The van der Waals surface area contributed by atoms with Crippen LogP contribution in [0.25, 0.3) is 0 Å². The number of nitrogens with zero attached hydrogens (tertiary/aromatic N) is 1. The van der Waals surface area contributed by atoms with Crippen LogP contribution in [0.2, 0.25) is 0 Å². The van der Waals surface area contributed by atoms with Crippen molar-refractivity contribution < 1.29 is 14.6 Å². The zero-order valence-corrected chi connectivity index (χ0v) is 9.11. The minimum atomic E-state index is -0.929. The third-order valence-electron chi connectivity index (χ3n) is 1.91. The number of pyridine rings is 1. The molecule has 0 bridgehead atoms. The molecule has 2 aromatic rings. The van der Waals surface area contributed by atoms with Crippen molar-refractivity contribution in [3.05, 3.63) is 46.4 Å². The van der Waals surface area contributed by atoms with Crippen molar-refractivity contribution in [3.8, 4) is 5.75 Å². The monoisotopic (exact) mass is 235 g/mol. The number of carboxylic acids is 1. The summed E-state index contributed by atoms with van der Waals surface area (Å²) in [5.41, 5.74) is 0.950. The summed E-state index contributed by atoms with van der Waals surface area (Å²) in [7, 11) is 0. The quantitative estimate of drug-likeness (QED) is 0.884. The highest BCUT2D eigenvalue weighted by molar-refractivity contribution is 7.12. The molecule has 1 N–H and O–H groups in total.